The highest BCUT2D eigenvalue weighted by atomic mass is 35.5. The van der Waals surface area contributed by atoms with Crippen LogP contribution in [0.5, 0.6) is 0 Å². The number of nitrogens with one attached hydrogen (secondary N) is 1. The summed E-state index contributed by atoms with van der Waals surface area (Å²) in [5.41, 5.74) is 1.51. The van der Waals surface area contributed by atoms with Crippen molar-refractivity contribution < 1.29 is 4.79 Å². The summed E-state index contributed by atoms with van der Waals surface area (Å²) >= 11 is 13.3. The minimum absolute atomic E-state index is 0.173. The van der Waals surface area contributed by atoms with Gasteiger partial charge in [0.1, 0.15) is 5.82 Å². The average Bonchev–Trinajstić information content (AvgIpc) is 2.95. The molecule has 0 fully saturated rings. The first-order valence-corrected chi connectivity index (χ1v) is 9.48. The molecule has 134 valence electrons. The lowest BCUT2D eigenvalue weighted by Gasteiger charge is -2.13. The molecule has 1 heterocycles. The Morgan fingerprint density at radius 1 is 1.12 bits per heavy atom. The molecular weight excluding hydrogens is 391 g/mol. The van der Waals surface area contributed by atoms with Gasteiger partial charge in [-0.1, -0.05) is 53.2 Å². The summed E-state index contributed by atoms with van der Waals surface area (Å²) < 4.78 is 1.92. The molecule has 1 N–H and O–H groups in total. The van der Waals surface area contributed by atoms with Gasteiger partial charge in [0.25, 0.3) is 0 Å². The van der Waals surface area contributed by atoms with Gasteiger partial charge in [-0.05, 0) is 44.2 Å². The largest absolute Gasteiger partial charge is 0.325 e. The van der Waals surface area contributed by atoms with Crippen LogP contribution < -0.4 is 5.32 Å². The molecule has 0 spiro atoms. The number of nitrogens with zero attached hydrogens (tertiary/aromatic N) is 3. The van der Waals surface area contributed by atoms with E-state index in [1.54, 1.807) is 18.2 Å². The van der Waals surface area contributed by atoms with Crippen molar-refractivity contribution >= 4 is 46.6 Å². The maximum absolute atomic E-state index is 12.5. The lowest BCUT2D eigenvalue weighted by atomic mass is 10.3. The SMILES string of the molecule is Cc1nnc(SC(C)C(=O)Nc2cc(Cl)cc(Cl)c2)n1-c1ccccc1. The van der Waals surface area contributed by atoms with Crippen LogP contribution in [0.2, 0.25) is 10.0 Å². The first-order valence-electron chi connectivity index (χ1n) is 7.85. The van der Waals surface area contributed by atoms with E-state index in [-0.39, 0.29) is 11.2 Å². The summed E-state index contributed by atoms with van der Waals surface area (Å²) in [4.78, 5) is 12.5. The van der Waals surface area contributed by atoms with Crippen LogP contribution in [0.15, 0.2) is 53.7 Å². The predicted octanol–water partition coefficient (Wildman–Crippen LogP) is 5.00. The third-order valence-electron chi connectivity index (χ3n) is 3.59. The highest BCUT2D eigenvalue weighted by Gasteiger charge is 2.20. The quantitative estimate of drug-likeness (QED) is 0.605. The molecule has 0 aliphatic rings. The van der Waals surface area contributed by atoms with Gasteiger partial charge in [-0.2, -0.15) is 0 Å². The van der Waals surface area contributed by atoms with Crippen LogP contribution >= 0.6 is 35.0 Å². The molecule has 2 aromatic carbocycles. The molecule has 0 aliphatic carbocycles. The van der Waals surface area contributed by atoms with E-state index in [2.05, 4.69) is 15.5 Å². The number of carbonyl (C=O) groups excluding carboxylic acids is 1. The van der Waals surface area contributed by atoms with E-state index in [0.29, 0.717) is 20.9 Å². The fourth-order valence-corrected chi connectivity index (χ4v) is 3.81. The second-order valence-corrected chi connectivity index (χ2v) is 7.79. The third kappa shape index (κ3) is 4.38. The van der Waals surface area contributed by atoms with Crippen molar-refractivity contribution in [3.8, 4) is 5.69 Å². The van der Waals surface area contributed by atoms with Gasteiger partial charge in [0.15, 0.2) is 5.16 Å². The molecule has 1 amide bonds. The molecule has 0 saturated carbocycles. The van der Waals surface area contributed by atoms with E-state index in [1.807, 2.05) is 48.7 Å². The normalized spacial score (nSPS) is 12.0. The highest BCUT2D eigenvalue weighted by Crippen LogP contribution is 2.27. The van der Waals surface area contributed by atoms with Crippen LogP contribution in [0.3, 0.4) is 0 Å². The van der Waals surface area contributed by atoms with Crippen LogP contribution in [0, 0.1) is 6.92 Å². The number of amides is 1. The van der Waals surface area contributed by atoms with Crippen molar-refractivity contribution in [2.75, 3.05) is 5.32 Å². The molecule has 0 radical (unpaired) electrons. The topological polar surface area (TPSA) is 59.8 Å². The van der Waals surface area contributed by atoms with Crippen LogP contribution in [-0.4, -0.2) is 25.9 Å². The van der Waals surface area contributed by atoms with Crippen molar-refractivity contribution in [1.29, 1.82) is 0 Å². The summed E-state index contributed by atoms with van der Waals surface area (Å²) in [5, 5.41) is 12.4. The molecule has 8 heteroatoms. The zero-order valence-electron chi connectivity index (χ0n) is 14.1. The second-order valence-electron chi connectivity index (χ2n) is 5.61. The number of aryl methyl sites for hydroxylation is 1. The Balaban J connectivity index is 1.76. The average molecular weight is 407 g/mol. The summed E-state index contributed by atoms with van der Waals surface area (Å²) in [6.45, 7) is 3.69. The smallest absolute Gasteiger partial charge is 0.237 e. The van der Waals surface area contributed by atoms with Crippen molar-refractivity contribution in [2.24, 2.45) is 0 Å². The van der Waals surface area contributed by atoms with E-state index >= 15 is 0 Å². The molecule has 0 aliphatic heterocycles. The molecule has 0 bridgehead atoms. The molecule has 0 saturated heterocycles. The van der Waals surface area contributed by atoms with Crippen molar-refractivity contribution in [3.63, 3.8) is 0 Å². The fraction of sp³-hybridized carbons (Fsp3) is 0.167. The Hall–Kier alpha value is -2.02. The Bertz CT molecular complexity index is 910. The highest BCUT2D eigenvalue weighted by molar-refractivity contribution is 8.00. The zero-order valence-corrected chi connectivity index (χ0v) is 16.4. The Morgan fingerprint density at radius 2 is 1.77 bits per heavy atom. The number of hydrogen-bond donors (Lipinski definition) is 1. The summed E-state index contributed by atoms with van der Waals surface area (Å²) in [7, 11) is 0. The standard InChI is InChI=1S/C18H16Cl2N4OS/c1-11(17(25)21-15-9-13(19)8-14(20)10-15)26-18-23-22-12(2)24(18)16-6-4-3-5-7-16/h3-11H,1-2H3,(H,21,25). The number of hydrogen-bond acceptors (Lipinski definition) is 4. The molecule has 26 heavy (non-hydrogen) atoms. The lowest BCUT2D eigenvalue weighted by molar-refractivity contribution is -0.115. The predicted molar refractivity (Wildman–Crippen MR) is 107 cm³/mol. The van der Waals surface area contributed by atoms with Gasteiger partial charge in [0.2, 0.25) is 5.91 Å². The van der Waals surface area contributed by atoms with Crippen molar-refractivity contribution in [3.05, 3.63) is 64.4 Å². The van der Waals surface area contributed by atoms with Gasteiger partial charge in [-0.3, -0.25) is 9.36 Å². The van der Waals surface area contributed by atoms with Gasteiger partial charge in [-0.25, -0.2) is 0 Å². The van der Waals surface area contributed by atoms with E-state index in [9.17, 15) is 4.79 Å². The molecule has 1 aromatic heterocycles. The van der Waals surface area contributed by atoms with Crippen LogP contribution in [0.4, 0.5) is 5.69 Å². The fourth-order valence-electron chi connectivity index (χ4n) is 2.38. The lowest BCUT2D eigenvalue weighted by Crippen LogP contribution is -2.23. The number of halogens is 2. The molecule has 3 rings (SSSR count). The first-order chi connectivity index (χ1) is 12.4. The Labute approximate surface area is 165 Å². The molecule has 3 aromatic rings. The van der Waals surface area contributed by atoms with Crippen LogP contribution in [-0.2, 0) is 4.79 Å². The number of carbonyl (C=O) groups is 1. The number of aromatic nitrogens is 3. The summed E-state index contributed by atoms with van der Waals surface area (Å²) in [6.07, 6.45) is 0. The van der Waals surface area contributed by atoms with Crippen LogP contribution in [0.25, 0.3) is 5.69 Å². The van der Waals surface area contributed by atoms with E-state index in [1.165, 1.54) is 11.8 Å². The number of benzene rings is 2. The van der Waals surface area contributed by atoms with E-state index in [0.717, 1.165) is 11.5 Å². The van der Waals surface area contributed by atoms with Gasteiger partial charge in [-0.15, -0.1) is 10.2 Å². The zero-order chi connectivity index (χ0) is 18.7. The molecule has 1 atom stereocenters. The maximum Gasteiger partial charge on any atom is 0.237 e. The Kier molecular flexibility index (Phi) is 5.86. The second kappa shape index (κ2) is 8.12. The summed E-state index contributed by atoms with van der Waals surface area (Å²) in [6, 6.07) is 14.7. The first kappa shape index (κ1) is 18.8. The minimum atomic E-state index is -0.390. The number of para-hydroxylation sites is 1. The Morgan fingerprint density at radius 3 is 2.42 bits per heavy atom. The molecule has 5 nitrogen and oxygen atoms in total. The van der Waals surface area contributed by atoms with Crippen LogP contribution in [0.1, 0.15) is 12.7 Å². The molecular formula is C18H16Cl2N4OS. The van der Waals surface area contributed by atoms with Gasteiger partial charge in [0.05, 0.1) is 5.25 Å². The van der Waals surface area contributed by atoms with Gasteiger partial charge in [0, 0.05) is 21.4 Å². The third-order valence-corrected chi connectivity index (χ3v) is 5.07. The van der Waals surface area contributed by atoms with Gasteiger partial charge < -0.3 is 5.32 Å². The summed E-state index contributed by atoms with van der Waals surface area (Å²) in [5.74, 6) is 0.585. The maximum atomic E-state index is 12.5. The van der Waals surface area contributed by atoms with Gasteiger partial charge >= 0.3 is 0 Å². The number of thioether (sulfide) groups is 1. The minimum Gasteiger partial charge on any atom is -0.325 e. The number of anilines is 1. The van der Waals surface area contributed by atoms with Crippen molar-refractivity contribution in [1.82, 2.24) is 14.8 Å². The van der Waals surface area contributed by atoms with E-state index < -0.39 is 0 Å². The monoisotopic (exact) mass is 406 g/mol. The van der Waals surface area contributed by atoms with E-state index in [4.69, 9.17) is 23.2 Å². The van der Waals surface area contributed by atoms with Crippen molar-refractivity contribution in [2.45, 2.75) is 24.3 Å². The molecule has 1 unspecified atom stereocenters. The number of rotatable bonds is 5.